The molecular formula is C24H33N3O3S. The minimum absolute atomic E-state index is 0.235. The highest BCUT2D eigenvalue weighted by atomic mass is 32.2. The van der Waals surface area contributed by atoms with Gasteiger partial charge in [0.1, 0.15) is 11.9 Å². The molecule has 0 aliphatic carbocycles. The largest absolute Gasteiger partial charge is 0.488 e. The van der Waals surface area contributed by atoms with Gasteiger partial charge >= 0.3 is 0 Å². The van der Waals surface area contributed by atoms with Gasteiger partial charge in [0.2, 0.25) is 10.0 Å². The van der Waals surface area contributed by atoms with E-state index in [1.54, 1.807) is 4.31 Å². The van der Waals surface area contributed by atoms with Crippen molar-refractivity contribution in [1.29, 1.82) is 0 Å². The first kappa shape index (κ1) is 22.1. The first-order chi connectivity index (χ1) is 14.8. The molecule has 0 unspecified atom stereocenters. The third kappa shape index (κ3) is 5.59. The summed E-state index contributed by atoms with van der Waals surface area (Å²) < 4.78 is 31.0. The first-order valence-corrected chi connectivity index (χ1v) is 12.9. The van der Waals surface area contributed by atoms with Crippen LogP contribution in [0.25, 0.3) is 0 Å². The zero-order valence-electron chi connectivity index (χ0n) is 18.7. The van der Waals surface area contributed by atoms with Crippen molar-refractivity contribution in [2.24, 2.45) is 0 Å². The Kier molecular flexibility index (Phi) is 6.55. The second-order valence-electron chi connectivity index (χ2n) is 8.97. The highest BCUT2D eigenvalue weighted by Gasteiger charge is 2.28. The molecule has 0 bridgehead atoms. The SMILES string of the molecule is CC(C)c1ccc(CN2CC(Oc3ccc(N4CCN(S(C)(=O)=O)CC4)cc3)C2)cc1. The van der Waals surface area contributed by atoms with Crippen LogP contribution in [0.2, 0.25) is 0 Å². The summed E-state index contributed by atoms with van der Waals surface area (Å²) in [4.78, 5) is 4.63. The van der Waals surface area contributed by atoms with Crippen LogP contribution >= 0.6 is 0 Å². The number of likely N-dealkylation sites (tertiary alicyclic amines) is 1. The average Bonchev–Trinajstić information content (AvgIpc) is 2.72. The molecule has 0 N–H and O–H groups in total. The molecule has 7 heteroatoms. The molecule has 31 heavy (non-hydrogen) atoms. The van der Waals surface area contributed by atoms with Crippen molar-refractivity contribution < 1.29 is 13.2 Å². The topological polar surface area (TPSA) is 53.1 Å². The van der Waals surface area contributed by atoms with E-state index in [1.165, 1.54) is 17.4 Å². The molecule has 168 valence electrons. The highest BCUT2D eigenvalue weighted by molar-refractivity contribution is 7.88. The van der Waals surface area contributed by atoms with Gasteiger partial charge in [-0.2, -0.15) is 4.31 Å². The second-order valence-corrected chi connectivity index (χ2v) is 11.0. The number of rotatable bonds is 7. The van der Waals surface area contributed by atoms with E-state index in [2.05, 4.69) is 60.0 Å². The van der Waals surface area contributed by atoms with E-state index in [0.717, 1.165) is 31.1 Å². The first-order valence-electron chi connectivity index (χ1n) is 11.1. The van der Waals surface area contributed by atoms with E-state index in [-0.39, 0.29) is 6.10 Å². The lowest BCUT2D eigenvalue weighted by Gasteiger charge is -2.39. The van der Waals surface area contributed by atoms with Crippen LogP contribution in [-0.2, 0) is 16.6 Å². The van der Waals surface area contributed by atoms with Crippen molar-refractivity contribution in [2.45, 2.75) is 32.4 Å². The number of benzene rings is 2. The number of nitrogens with zero attached hydrogens (tertiary/aromatic N) is 3. The maximum atomic E-state index is 11.7. The van der Waals surface area contributed by atoms with Crippen LogP contribution in [0.1, 0.15) is 30.9 Å². The average molecular weight is 444 g/mol. The van der Waals surface area contributed by atoms with Crippen LogP contribution in [0.15, 0.2) is 48.5 Å². The zero-order chi connectivity index (χ0) is 22.0. The van der Waals surface area contributed by atoms with Gasteiger partial charge in [-0.15, -0.1) is 0 Å². The monoisotopic (exact) mass is 443 g/mol. The van der Waals surface area contributed by atoms with E-state index in [4.69, 9.17) is 4.74 Å². The zero-order valence-corrected chi connectivity index (χ0v) is 19.5. The van der Waals surface area contributed by atoms with Crippen LogP contribution in [0.4, 0.5) is 5.69 Å². The lowest BCUT2D eigenvalue weighted by atomic mass is 10.0. The molecule has 2 aliphatic rings. The van der Waals surface area contributed by atoms with Crippen molar-refractivity contribution in [3.05, 3.63) is 59.7 Å². The Morgan fingerprint density at radius 2 is 1.55 bits per heavy atom. The summed E-state index contributed by atoms with van der Waals surface area (Å²) in [6.45, 7) is 9.80. The molecule has 2 aromatic carbocycles. The van der Waals surface area contributed by atoms with Crippen molar-refractivity contribution >= 4 is 15.7 Å². The fourth-order valence-electron chi connectivity index (χ4n) is 4.20. The quantitative estimate of drug-likeness (QED) is 0.658. The molecule has 0 spiro atoms. The second kappa shape index (κ2) is 9.18. The van der Waals surface area contributed by atoms with Gasteiger partial charge in [-0.3, -0.25) is 4.90 Å². The van der Waals surface area contributed by atoms with E-state index >= 15 is 0 Å². The summed E-state index contributed by atoms with van der Waals surface area (Å²) in [5, 5.41) is 0. The molecule has 4 rings (SSSR count). The van der Waals surface area contributed by atoms with E-state index in [1.807, 2.05) is 12.1 Å². The Balaban J connectivity index is 1.22. The van der Waals surface area contributed by atoms with Gasteiger partial charge < -0.3 is 9.64 Å². The fourth-order valence-corrected chi connectivity index (χ4v) is 5.02. The third-order valence-electron chi connectivity index (χ3n) is 6.19. The lowest BCUT2D eigenvalue weighted by Crippen LogP contribution is -2.53. The molecular weight excluding hydrogens is 410 g/mol. The molecule has 2 fully saturated rings. The molecule has 0 atom stereocenters. The van der Waals surface area contributed by atoms with Crippen LogP contribution in [-0.4, -0.2) is 69.3 Å². The van der Waals surface area contributed by atoms with Gasteiger partial charge in [0.15, 0.2) is 0 Å². The molecule has 0 aromatic heterocycles. The van der Waals surface area contributed by atoms with E-state index < -0.39 is 10.0 Å². The summed E-state index contributed by atoms with van der Waals surface area (Å²) >= 11 is 0. The Morgan fingerprint density at radius 1 is 0.935 bits per heavy atom. The van der Waals surface area contributed by atoms with Crippen LogP contribution in [0.3, 0.4) is 0 Å². The predicted molar refractivity (Wildman–Crippen MR) is 125 cm³/mol. The molecule has 0 saturated carbocycles. The molecule has 2 aliphatic heterocycles. The molecule has 2 heterocycles. The summed E-state index contributed by atoms with van der Waals surface area (Å²) in [5.41, 5.74) is 3.85. The number of hydrogen-bond donors (Lipinski definition) is 0. The Labute approximate surface area is 186 Å². The maximum Gasteiger partial charge on any atom is 0.211 e. The predicted octanol–water partition coefficient (Wildman–Crippen LogP) is 3.15. The van der Waals surface area contributed by atoms with Crippen LogP contribution in [0.5, 0.6) is 5.75 Å². The van der Waals surface area contributed by atoms with Crippen molar-refractivity contribution in [3.63, 3.8) is 0 Å². The van der Waals surface area contributed by atoms with Gasteiger partial charge in [-0.25, -0.2) is 8.42 Å². The molecule has 0 radical (unpaired) electrons. The molecule has 2 aromatic rings. The number of anilines is 1. The van der Waals surface area contributed by atoms with Gasteiger partial charge in [0, 0.05) is 51.5 Å². The molecule has 0 amide bonds. The normalized spacial score (nSPS) is 18.9. The number of ether oxygens (including phenoxy) is 1. The smallest absolute Gasteiger partial charge is 0.211 e. The van der Waals surface area contributed by atoms with Crippen molar-refractivity contribution in [3.8, 4) is 5.75 Å². The minimum atomic E-state index is -3.10. The van der Waals surface area contributed by atoms with E-state index in [0.29, 0.717) is 32.1 Å². The van der Waals surface area contributed by atoms with Gasteiger partial charge in [0.05, 0.1) is 6.26 Å². The summed E-state index contributed by atoms with van der Waals surface area (Å²) in [6, 6.07) is 17.1. The van der Waals surface area contributed by atoms with Crippen molar-refractivity contribution in [2.75, 3.05) is 50.4 Å². The lowest BCUT2D eigenvalue weighted by molar-refractivity contribution is 0.0146. The Morgan fingerprint density at radius 3 is 2.10 bits per heavy atom. The van der Waals surface area contributed by atoms with Gasteiger partial charge in [0.25, 0.3) is 0 Å². The fraction of sp³-hybridized carbons (Fsp3) is 0.500. The number of hydrogen-bond acceptors (Lipinski definition) is 5. The summed E-state index contributed by atoms with van der Waals surface area (Å²) in [7, 11) is -3.10. The number of piperazine rings is 1. The molecule has 2 saturated heterocycles. The minimum Gasteiger partial charge on any atom is -0.488 e. The van der Waals surface area contributed by atoms with Crippen LogP contribution in [0, 0.1) is 0 Å². The van der Waals surface area contributed by atoms with E-state index in [9.17, 15) is 8.42 Å². The summed E-state index contributed by atoms with van der Waals surface area (Å²) in [5.74, 6) is 1.46. The summed E-state index contributed by atoms with van der Waals surface area (Å²) in [6.07, 6.45) is 1.51. The van der Waals surface area contributed by atoms with Crippen LogP contribution < -0.4 is 9.64 Å². The van der Waals surface area contributed by atoms with Crippen molar-refractivity contribution in [1.82, 2.24) is 9.21 Å². The Hall–Kier alpha value is -2.09. The number of sulfonamides is 1. The third-order valence-corrected chi connectivity index (χ3v) is 7.49. The highest BCUT2D eigenvalue weighted by Crippen LogP contribution is 2.25. The van der Waals surface area contributed by atoms with Gasteiger partial charge in [-0.05, 0) is 41.3 Å². The van der Waals surface area contributed by atoms with Gasteiger partial charge in [-0.1, -0.05) is 38.1 Å². The Bertz CT molecular complexity index is 960. The molecule has 6 nitrogen and oxygen atoms in total. The standard InChI is InChI=1S/C24H33N3O3S/c1-19(2)21-6-4-20(5-7-21)16-25-17-24(18-25)30-23-10-8-22(9-11-23)26-12-14-27(15-13-26)31(3,28)29/h4-11,19,24H,12-18H2,1-3H3. The maximum absolute atomic E-state index is 11.7.